The van der Waals surface area contributed by atoms with E-state index in [1.165, 1.54) is 0 Å². The zero-order valence-electron chi connectivity index (χ0n) is 12.6. The van der Waals surface area contributed by atoms with Crippen LogP contribution in [0, 0.1) is 0 Å². The molecule has 2 aromatic rings. The number of amides is 1. The number of hydrogen-bond acceptors (Lipinski definition) is 3. The zero-order chi connectivity index (χ0) is 17.7. The van der Waals surface area contributed by atoms with Gasteiger partial charge in [-0.25, -0.2) is 0 Å². The summed E-state index contributed by atoms with van der Waals surface area (Å²) in [5, 5.41) is 9.54. The van der Waals surface area contributed by atoms with Crippen molar-refractivity contribution in [2.24, 2.45) is 0 Å². The molecule has 0 unspecified atom stereocenters. The second-order valence-corrected chi connectivity index (χ2v) is 7.65. The molecule has 2 rings (SSSR count). The maximum Gasteiger partial charge on any atom is 0.228 e. The van der Waals surface area contributed by atoms with E-state index < -0.39 is 9.96 Å². The summed E-state index contributed by atoms with van der Waals surface area (Å²) in [4.78, 5) is 15.9. The van der Waals surface area contributed by atoms with Crippen LogP contribution in [0.5, 0.6) is 0 Å². The van der Waals surface area contributed by atoms with Crippen molar-refractivity contribution in [1.29, 1.82) is 0 Å². The standard InChI is InChI=1S/C15H15Cl3N4OS/c1-2-11(23)21-13(15(16,17)18)22-14(24)20-10-7-3-5-9-6-4-8-19-12(9)10/h3-8,13H,2H2,1H3,(H,21,23)(H2,20,22,24)/t13-/m1/s1. The minimum absolute atomic E-state index is 0.195. The number of hydrogen-bond donors (Lipinski definition) is 3. The number of nitrogens with one attached hydrogen (secondary N) is 3. The summed E-state index contributed by atoms with van der Waals surface area (Å²) in [6.45, 7) is 1.70. The van der Waals surface area contributed by atoms with Crippen LogP contribution in [0.1, 0.15) is 13.3 Å². The van der Waals surface area contributed by atoms with Crippen molar-refractivity contribution in [1.82, 2.24) is 15.6 Å². The second kappa shape index (κ2) is 8.16. The molecule has 0 fully saturated rings. The van der Waals surface area contributed by atoms with E-state index in [9.17, 15) is 4.79 Å². The van der Waals surface area contributed by atoms with Crippen molar-refractivity contribution >= 4 is 74.6 Å². The summed E-state index contributed by atoms with van der Waals surface area (Å²) in [5.74, 6) is -0.270. The lowest BCUT2D eigenvalue weighted by atomic mass is 10.2. The van der Waals surface area contributed by atoms with Gasteiger partial charge in [0, 0.05) is 18.0 Å². The largest absolute Gasteiger partial charge is 0.339 e. The molecule has 0 aliphatic heterocycles. The Morgan fingerprint density at radius 1 is 1.25 bits per heavy atom. The first-order valence-electron chi connectivity index (χ1n) is 7.08. The average molecular weight is 406 g/mol. The number of fused-ring (bicyclic) bond motifs is 1. The quantitative estimate of drug-likeness (QED) is 0.411. The van der Waals surface area contributed by atoms with Crippen LogP contribution in [-0.4, -0.2) is 26.0 Å². The van der Waals surface area contributed by atoms with Crippen molar-refractivity contribution in [3.8, 4) is 0 Å². The summed E-state index contributed by atoms with van der Waals surface area (Å²) >= 11 is 22.9. The molecule has 128 valence electrons. The van der Waals surface area contributed by atoms with Crippen LogP contribution in [0.4, 0.5) is 5.69 Å². The molecule has 0 aliphatic rings. The summed E-state index contributed by atoms with van der Waals surface area (Å²) in [7, 11) is 0. The molecule has 5 nitrogen and oxygen atoms in total. The molecule has 1 aromatic carbocycles. The number of carbonyl (C=O) groups excluding carboxylic acids is 1. The van der Waals surface area contributed by atoms with E-state index >= 15 is 0 Å². The Balaban J connectivity index is 2.14. The molecule has 0 saturated heterocycles. The number of pyridine rings is 1. The van der Waals surface area contributed by atoms with E-state index in [-0.39, 0.29) is 17.4 Å². The molecule has 1 aromatic heterocycles. The van der Waals surface area contributed by atoms with Gasteiger partial charge in [-0.1, -0.05) is 59.9 Å². The molecule has 0 bridgehead atoms. The third-order valence-electron chi connectivity index (χ3n) is 3.11. The molecular weight excluding hydrogens is 391 g/mol. The molecule has 24 heavy (non-hydrogen) atoms. The van der Waals surface area contributed by atoms with E-state index in [2.05, 4.69) is 20.9 Å². The number of benzene rings is 1. The number of rotatable bonds is 4. The Labute approximate surface area is 160 Å². The lowest BCUT2D eigenvalue weighted by Gasteiger charge is -2.27. The number of thiocarbonyl (C=S) groups is 1. The topological polar surface area (TPSA) is 66.1 Å². The van der Waals surface area contributed by atoms with Crippen LogP contribution in [0.2, 0.25) is 0 Å². The van der Waals surface area contributed by atoms with Gasteiger partial charge < -0.3 is 16.0 Å². The SMILES string of the molecule is CCC(=O)N[C@H](NC(=S)Nc1cccc2cccnc12)C(Cl)(Cl)Cl. The van der Waals surface area contributed by atoms with Gasteiger partial charge in [0.1, 0.15) is 6.17 Å². The molecule has 1 atom stereocenters. The van der Waals surface area contributed by atoms with Gasteiger partial charge in [0.25, 0.3) is 0 Å². The van der Waals surface area contributed by atoms with E-state index in [4.69, 9.17) is 47.0 Å². The van der Waals surface area contributed by atoms with Crippen molar-refractivity contribution in [2.75, 3.05) is 5.32 Å². The summed E-state index contributed by atoms with van der Waals surface area (Å²) in [6, 6.07) is 9.44. The van der Waals surface area contributed by atoms with E-state index in [1.807, 2.05) is 30.3 Å². The summed E-state index contributed by atoms with van der Waals surface area (Å²) < 4.78 is -1.77. The van der Waals surface area contributed by atoms with Crippen molar-refractivity contribution < 1.29 is 4.79 Å². The van der Waals surface area contributed by atoms with Gasteiger partial charge in [0.05, 0.1) is 11.2 Å². The van der Waals surface area contributed by atoms with Crippen molar-refractivity contribution in [3.05, 3.63) is 36.5 Å². The fourth-order valence-electron chi connectivity index (χ4n) is 1.96. The number of alkyl halides is 3. The van der Waals surface area contributed by atoms with Gasteiger partial charge in [-0.05, 0) is 24.4 Å². The van der Waals surface area contributed by atoms with Gasteiger partial charge in [-0.15, -0.1) is 0 Å². The van der Waals surface area contributed by atoms with E-state index in [0.29, 0.717) is 5.69 Å². The highest BCUT2D eigenvalue weighted by Crippen LogP contribution is 2.29. The van der Waals surface area contributed by atoms with Gasteiger partial charge in [-0.3, -0.25) is 9.78 Å². The molecule has 0 spiro atoms. The Morgan fingerprint density at radius 3 is 2.62 bits per heavy atom. The number of para-hydroxylation sites is 1. The lowest BCUT2D eigenvalue weighted by Crippen LogP contribution is -2.56. The molecular formula is C15H15Cl3N4OS. The lowest BCUT2D eigenvalue weighted by molar-refractivity contribution is -0.121. The Hall–Kier alpha value is -1.34. The third-order valence-corrected chi connectivity index (χ3v) is 3.98. The van der Waals surface area contributed by atoms with E-state index in [1.54, 1.807) is 13.1 Å². The van der Waals surface area contributed by atoms with Crippen molar-refractivity contribution in [2.45, 2.75) is 23.3 Å². The zero-order valence-corrected chi connectivity index (χ0v) is 15.7. The van der Waals surface area contributed by atoms with Gasteiger partial charge >= 0.3 is 0 Å². The summed E-state index contributed by atoms with van der Waals surface area (Å²) in [5.41, 5.74) is 1.46. The average Bonchev–Trinajstić information content (AvgIpc) is 2.53. The Bertz CT molecular complexity index is 746. The smallest absolute Gasteiger partial charge is 0.228 e. The summed E-state index contributed by atoms with van der Waals surface area (Å²) in [6.07, 6.45) is 0.972. The molecule has 0 aliphatic carbocycles. The molecule has 0 radical (unpaired) electrons. The van der Waals surface area contributed by atoms with Gasteiger partial charge in [0.2, 0.25) is 9.70 Å². The monoisotopic (exact) mass is 404 g/mol. The van der Waals surface area contributed by atoms with Gasteiger partial charge in [0.15, 0.2) is 5.11 Å². The molecule has 1 amide bonds. The highest BCUT2D eigenvalue weighted by Gasteiger charge is 2.34. The second-order valence-electron chi connectivity index (χ2n) is 4.87. The maximum atomic E-state index is 11.6. The number of carbonyl (C=O) groups is 1. The highest BCUT2D eigenvalue weighted by molar-refractivity contribution is 7.80. The maximum absolute atomic E-state index is 11.6. The Kier molecular flexibility index (Phi) is 6.46. The first kappa shape index (κ1) is 19.0. The van der Waals surface area contributed by atoms with Crippen LogP contribution in [0.15, 0.2) is 36.5 Å². The third kappa shape index (κ3) is 5.08. The first-order chi connectivity index (χ1) is 11.3. The minimum atomic E-state index is -1.77. The predicted molar refractivity (Wildman–Crippen MR) is 104 cm³/mol. The molecule has 3 N–H and O–H groups in total. The fourth-order valence-corrected chi connectivity index (χ4v) is 2.51. The fraction of sp³-hybridized carbons (Fsp3) is 0.267. The van der Waals surface area contributed by atoms with Crippen molar-refractivity contribution in [3.63, 3.8) is 0 Å². The van der Waals surface area contributed by atoms with Gasteiger partial charge in [-0.2, -0.15) is 0 Å². The molecule has 9 heteroatoms. The molecule has 1 heterocycles. The normalized spacial score (nSPS) is 12.5. The Morgan fingerprint density at radius 2 is 1.96 bits per heavy atom. The number of halogens is 3. The molecule has 0 saturated carbocycles. The van der Waals surface area contributed by atoms with E-state index in [0.717, 1.165) is 10.9 Å². The van der Waals surface area contributed by atoms with Crippen LogP contribution in [0.3, 0.4) is 0 Å². The van der Waals surface area contributed by atoms with Crippen LogP contribution < -0.4 is 16.0 Å². The predicted octanol–water partition coefficient (Wildman–Crippen LogP) is 3.74. The highest BCUT2D eigenvalue weighted by atomic mass is 35.6. The number of nitrogens with zero attached hydrogens (tertiary/aromatic N) is 1. The minimum Gasteiger partial charge on any atom is -0.339 e. The van der Waals surface area contributed by atoms with Crippen LogP contribution in [0.25, 0.3) is 10.9 Å². The first-order valence-corrected chi connectivity index (χ1v) is 8.63. The number of anilines is 1. The number of aromatic nitrogens is 1. The van der Waals surface area contributed by atoms with Crippen LogP contribution in [-0.2, 0) is 4.79 Å². The van der Waals surface area contributed by atoms with Crippen LogP contribution >= 0.6 is 47.0 Å².